The van der Waals surface area contributed by atoms with E-state index >= 15 is 0 Å². The number of aliphatic hydroxyl groups is 1. The third kappa shape index (κ3) is 4.84. The molecule has 0 radical (unpaired) electrons. The number of carbonyl (C=O) groups is 1. The van der Waals surface area contributed by atoms with E-state index in [1.807, 2.05) is 17.9 Å². The van der Waals surface area contributed by atoms with Crippen molar-refractivity contribution in [3.05, 3.63) is 41.1 Å². The van der Waals surface area contributed by atoms with Crippen molar-refractivity contribution in [2.45, 2.75) is 63.6 Å². The van der Waals surface area contributed by atoms with Crippen molar-refractivity contribution in [2.75, 3.05) is 23.8 Å². The lowest BCUT2D eigenvalue weighted by Gasteiger charge is -2.36. The van der Waals surface area contributed by atoms with E-state index in [-0.39, 0.29) is 35.6 Å². The highest BCUT2D eigenvalue weighted by atomic mass is 32.2. The number of nitrogens with one attached hydrogen (secondary N) is 2. The van der Waals surface area contributed by atoms with Crippen LogP contribution >= 0.6 is 0 Å². The van der Waals surface area contributed by atoms with Crippen molar-refractivity contribution in [2.24, 2.45) is 5.92 Å². The van der Waals surface area contributed by atoms with Crippen LogP contribution in [0.15, 0.2) is 24.4 Å². The molecule has 1 aromatic carbocycles. The Balaban J connectivity index is 1.37. The fraction of sp³-hybridized carbons (Fsp3) is 0.500. The molecule has 0 bridgehead atoms. The van der Waals surface area contributed by atoms with Gasteiger partial charge < -0.3 is 20.5 Å². The second-order valence-electron chi connectivity index (χ2n) is 10.9. The first-order chi connectivity index (χ1) is 18.5. The van der Waals surface area contributed by atoms with Crippen LogP contribution in [-0.2, 0) is 21.3 Å². The van der Waals surface area contributed by atoms with Crippen LogP contribution < -0.4 is 15.8 Å². The number of carbonyl (C=O) groups excluding carboxylic acids is 1. The van der Waals surface area contributed by atoms with E-state index in [2.05, 4.69) is 15.1 Å². The molecule has 0 saturated heterocycles. The molecule has 2 fully saturated rings. The van der Waals surface area contributed by atoms with Gasteiger partial charge in [0.1, 0.15) is 6.23 Å². The van der Waals surface area contributed by atoms with Crippen LogP contribution in [0.1, 0.15) is 60.3 Å². The zero-order valence-electron chi connectivity index (χ0n) is 22.1. The molecule has 5 N–H and O–H groups in total. The van der Waals surface area contributed by atoms with Gasteiger partial charge >= 0.3 is 0 Å². The Bertz CT molecular complexity index is 1560. The molecule has 3 aliphatic rings. The Morgan fingerprint density at radius 3 is 2.67 bits per heavy atom. The number of methoxy groups -OCH3 is 1. The van der Waals surface area contributed by atoms with Gasteiger partial charge in [-0.3, -0.25) is 14.8 Å². The predicted octanol–water partition coefficient (Wildman–Crippen LogP) is 1.86. The van der Waals surface area contributed by atoms with Gasteiger partial charge in [-0.2, -0.15) is 0 Å². The largest absolute Gasteiger partial charge is 0.382 e. The first kappa shape index (κ1) is 26.0. The molecule has 1 unspecified atom stereocenters. The fourth-order valence-corrected chi connectivity index (χ4v) is 6.22. The molecule has 1 amide bonds. The zero-order valence-corrected chi connectivity index (χ0v) is 22.9. The summed E-state index contributed by atoms with van der Waals surface area (Å²) in [6.45, 7) is 2.45. The number of aliphatic hydroxyl groups excluding tert-OH is 1. The van der Waals surface area contributed by atoms with Gasteiger partial charge in [-0.1, -0.05) is 0 Å². The molecule has 2 saturated carbocycles. The summed E-state index contributed by atoms with van der Waals surface area (Å²) in [5.74, 6) is 0.465. The number of amides is 1. The van der Waals surface area contributed by atoms with Crippen molar-refractivity contribution in [1.29, 1.82) is 0 Å². The number of fused-ring (bicyclic) bond motifs is 2. The number of hydrogen-bond donors (Lipinski definition) is 4. The summed E-state index contributed by atoms with van der Waals surface area (Å²) in [4.78, 5) is 20.0. The highest BCUT2D eigenvalue weighted by Gasteiger charge is 2.40. The number of rotatable bonds is 9. The number of nitrogen functional groups attached to an aromatic ring is 1. The van der Waals surface area contributed by atoms with Crippen LogP contribution in [0, 0.1) is 5.92 Å². The Hall–Kier alpha value is -3.26. The quantitative estimate of drug-likeness (QED) is 0.289. The second kappa shape index (κ2) is 9.44. The van der Waals surface area contributed by atoms with Crippen LogP contribution in [0.4, 0.5) is 11.5 Å². The third-order valence-electron chi connectivity index (χ3n) is 8.07. The molecular weight excluding hydrogens is 522 g/mol. The van der Waals surface area contributed by atoms with Crippen LogP contribution in [-0.4, -0.2) is 70.5 Å². The normalized spacial score (nSPS) is 22.6. The summed E-state index contributed by atoms with van der Waals surface area (Å²) in [7, 11) is -1.98. The van der Waals surface area contributed by atoms with Gasteiger partial charge in [0.05, 0.1) is 34.9 Å². The van der Waals surface area contributed by atoms with Crippen molar-refractivity contribution in [3.8, 4) is 11.3 Å². The van der Waals surface area contributed by atoms with Gasteiger partial charge in [0.2, 0.25) is 10.0 Å². The summed E-state index contributed by atoms with van der Waals surface area (Å²) < 4.78 is 33.8. The topological polar surface area (TPSA) is 164 Å². The molecular formula is C26H33N7O5S. The van der Waals surface area contributed by atoms with Gasteiger partial charge in [-0.05, 0) is 62.3 Å². The minimum atomic E-state index is -3.65. The van der Waals surface area contributed by atoms with E-state index < -0.39 is 16.3 Å². The fourth-order valence-electron chi connectivity index (χ4n) is 5.66. The lowest BCUT2D eigenvalue weighted by molar-refractivity contribution is -0.00351. The first-order valence-corrected chi connectivity index (χ1v) is 15.0. The van der Waals surface area contributed by atoms with E-state index in [1.54, 1.807) is 25.4 Å². The SMILES string of the molecule is CO[C@H]1C[C@H](NC(O)c2c(N)nn3ccc(-c4cc5c(c(NS(C)(=O)=O)c4)C(=O)N([C@@H](C)C4CC4)C5)nc23)C1. The minimum absolute atomic E-state index is 0.0788. The van der Waals surface area contributed by atoms with Crippen molar-refractivity contribution >= 4 is 33.1 Å². The Labute approximate surface area is 226 Å². The molecule has 2 atom stereocenters. The number of anilines is 2. The maximum Gasteiger partial charge on any atom is 0.256 e. The summed E-state index contributed by atoms with van der Waals surface area (Å²) in [5.41, 5.74) is 9.43. The lowest BCUT2D eigenvalue weighted by Crippen LogP contribution is -2.46. The maximum absolute atomic E-state index is 13.4. The maximum atomic E-state index is 13.4. The molecule has 6 rings (SSSR count). The minimum Gasteiger partial charge on any atom is -0.382 e. The van der Waals surface area contributed by atoms with E-state index in [1.165, 1.54) is 4.52 Å². The molecule has 39 heavy (non-hydrogen) atoms. The average Bonchev–Trinajstić information content (AvgIpc) is 3.56. The molecule has 2 aliphatic carbocycles. The molecule has 208 valence electrons. The van der Waals surface area contributed by atoms with Crippen LogP contribution in [0.2, 0.25) is 0 Å². The summed E-state index contributed by atoms with van der Waals surface area (Å²) >= 11 is 0. The number of sulfonamides is 1. The highest BCUT2D eigenvalue weighted by molar-refractivity contribution is 7.92. The van der Waals surface area contributed by atoms with Gasteiger partial charge in [0.25, 0.3) is 5.91 Å². The van der Waals surface area contributed by atoms with E-state index in [9.17, 15) is 18.3 Å². The van der Waals surface area contributed by atoms with Gasteiger partial charge in [0, 0.05) is 37.5 Å². The van der Waals surface area contributed by atoms with Crippen LogP contribution in [0.5, 0.6) is 0 Å². The van der Waals surface area contributed by atoms with Gasteiger partial charge in [-0.25, -0.2) is 17.9 Å². The number of nitrogens with zero attached hydrogens (tertiary/aromatic N) is 4. The summed E-state index contributed by atoms with van der Waals surface area (Å²) in [5, 5.41) is 18.4. The van der Waals surface area contributed by atoms with Crippen molar-refractivity contribution in [3.63, 3.8) is 0 Å². The number of benzene rings is 1. The molecule has 2 aromatic heterocycles. The van der Waals surface area contributed by atoms with E-state index in [0.29, 0.717) is 40.5 Å². The van der Waals surface area contributed by atoms with Crippen molar-refractivity contribution < 1.29 is 23.1 Å². The second-order valence-corrected chi connectivity index (χ2v) is 12.7. The predicted molar refractivity (Wildman–Crippen MR) is 145 cm³/mol. The van der Waals surface area contributed by atoms with Crippen LogP contribution in [0.25, 0.3) is 16.9 Å². The number of ether oxygens (including phenoxy) is 1. The average molecular weight is 556 g/mol. The van der Waals surface area contributed by atoms with Crippen molar-refractivity contribution in [1.82, 2.24) is 24.8 Å². The summed E-state index contributed by atoms with van der Waals surface area (Å²) in [6, 6.07) is 5.42. The first-order valence-electron chi connectivity index (χ1n) is 13.1. The Morgan fingerprint density at radius 2 is 2.00 bits per heavy atom. The Morgan fingerprint density at radius 1 is 1.26 bits per heavy atom. The van der Waals surface area contributed by atoms with Gasteiger partial charge in [-0.15, -0.1) is 5.10 Å². The third-order valence-corrected chi connectivity index (χ3v) is 8.66. The Kier molecular flexibility index (Phi) is 6.29. The van der Waals surface area contributed by atoms with E-state index in [4.69, 9.17) is 15.5 Å². The van der Waals surface area contributed by atoms with Gasteiger partial charge in [0.15, 0.2) is 11.5 Å². The molecule has 3 aromatic rings. The molecule has 12 nitrogen and oxygen atoms in total. The molecule has 13 heteroatoms. The highest BCUT2D eigenvalue weighted by Crippen LogP contribution is 2.41. The summed E-state index contributed by atoms with van der Waals surface area (Å²) in [6.07, 6.45) is 5.60. The molecule has 0 spiro atoms. The standard InChI is InChI=1S/C26H33N7O5S/c1-13(14-4-5-14)32-12-16-8-15(9-20(21(16)26(32)35)31-39(3,36)37)19-6-7-33-24(29-19)22(23(27)30-33)25(34)28-17-10-18(11-17)38-2/h6-9,13-14,17-18,25,28,31,34H,4-5,10-12H2,1-3H3,(H2,27,30)/t13-,17-,18-,25?/m0/s1. The monoisotopic (exact) mass is 555 g/mol. The molecule has 3 heterocycles. The lowest BCUT2D eigenvalue weighted by atomic mass is 9.89. The zero-order chi connectivity index (χ0) is 27.6. The number of hydrogen-bond acceptors (Lipinski definition) is 9. The van der Waals surface area contributed by atoms with E-state index in [0.717, 1.165) is 37.5 Å². The smallest absolute Gasteiger partial charge is 0.256 e. The van der Waals surface area contributed by atoms with Crippen LogP contribution in [0.3, 0.4) is 0 Å². The number of aromatic nitrogens is 3. The molecule has 1 aliphatic heterocycles. The number of nitrogens with two attached hydrogens (primary N) is 1.